The van der Waals surface area contributed by atoms with Crippen LogP contribution in [0.25, 0.3) is 22.0 Å². The van der Waals surface area contributed by atoms with E-state index in [0.29, 0.717) is 15.9 Å². The summed E-state index contributed by atoms with van der Waals surface area (Å²) in [5.41, 5.74) is 1.72. The summed E-state index contributed by atoms with van der Waals surface area (Å²) in [4.78, 5) is 4.51. The molecule has 0 saturated carbocycles. The lowest BCUT2D eigenvalue weighted by Gasteiger charge is -1.99. The molecule has 0 saturated heterocycles. The van der Waals surface area contributed by atoms with Gasteiger partial charge in [-0.15, -0.1) is 0 Å². The van der Waals surface area contributed by atoms with Crippen molar-refractivity contribution in [2.45, 2.75) is 0 Å². The van der Waals surface area contributed by atoms with Gasteiger partial charge in [0.2, 0.25) is 0 Å². The van der Waals surface area contributed by atoms with Gasteiger partial charge in [0.15, 0.2) is 5.82 Å². The first-order chi connectivity index (χ1) is 9.25. The molecule has 5 heteroatoms. The number of nitrogens with zero attached hydrogens (tertiary/aromatic N) is 2. The van der Waals surface area contributed by atoms with E-state index >= 15 is 0 Å². The normalized spacial score (nSPS) is 10.6. The third-order valence-electron chi connectivity index (χ3n) is 2.65. The molecule has 3 aromatic rings. The van der Waals surface area contributed by atoms with E-state index in [-0.39, 0.29) is 0 Å². The predicted molar refractivity (Wildman–Crippen MR) is 80.8 cm³/mol. The van der Waals surface area contributed by atoms with Crippen LogP contribution in [0, 0.1) is 0 Å². The first kappa shape index (κ1) is 12.6. The maximum Gasteiger partial charge on any atom is 0.174 e. The topological polar surface area (TPSA) is 25.8 Å². The van der Waals surface area contributed by atoms with Crippen molar-refractivity contribution < 1.29 is 0 Å². The summed E-state index contributed by atoms with van der Waals surface area (Å²) >= 11 is 13.6. The molecule has 3 rings (SSSR count). The number of hydrogen-bond donors (Lipinski definition) is 0. The molecule has 0 spiro atoms. The first-order valence-electron chi connectivity index (χ1n) is 5.59. The Labute approximate surface area is 124 Å². The molecule has 0 N–H and O–H groups in total. The van der Waals surface area contributed by atoms with Crippen molar-refractivity contribution in [1.29, 1.82) is 0 Å². The highest BCUT2D eigenvalue weighted by molar-refractivity contribution is 7.09. The summed E-state index contributed by atoms with van der Waals surface area (Å²) in [6.07, 6.45) is 0. The van der Waals surface area contributed by atoms with E-state index in [9.17, 15) is 0 Å². The first-order valence-corrected chi connectivity index (χ1v) is 7.12. The van der Waals surface area contributed by atoms with Crippen molar-refractivity contribution in [3.8, 4) is 22.0 Å². The molecule has 0 aliphatic rings. The van der Waals surface area contributed by atoms with Crippen molar-refractivity contribution in [2.24, 2.45) is 0 Å². The van der Waals surface area contributed by atoms with Crippen LogP contribution in [0.1, 0.15) is 0 Å². The van der Waals surface area contributed by atoms with Crippen molar-refractivity contribution in [2.75, 3.05) is 0 Å². The Balaban J connectivity index is 2.06. The molecular formula is C14H8Cl2N2S. The van der Waals surface area contributed by atoms with E-state index in [2.05, 4.69) is 9.36 Å². The Hall–Kier alpha value is -1.42. The third kappa shape index (κ3) is 2.50. The predicted octanol–water partition coefficient (Wildman–Crippen LogP) is 5.18. The summed E-state index contributed by atoms with van der Waals surface area (Å²) in [7, 11) is 0. The van der Waals surface area contributed by atoms with E-state index in [1.54, 1.807) is 0 Å². The zero-order chi connectivity index (χ0) is 13.2. The Bertz CT molecular complexity index is 665. The van der Waals surface area contributed by atoms with E-state index in [4.69, 9.17) is 23.2 Å². The average molecular weight is 307 g/mol. The Kier molecular flexibility index (Phi) is 3.51. The van der Waals surface area contributed by atoms with Crippen molar-refractivity contribution >= 4 is 34.7 Å². The molecule has 0 aliphatic heterocycles. The number of hydrogen-bond acceptors (Lipinski definition) is 3. The van der Waals surface area contributed by atoms with Gasteiger partial charge < -0.3 is 0 Å². The van der Waals surface area contributed by atoms with Gasteiger partial charge in [0, 0.05) is 11.1 Å². The summed E-state index contributed by atoms with van der Waals surface area (Å²) < 4.78 is 4.35. The Morgan fingerprint density at radius 2 is 1.37 bits per heavy atom. The van der Waals surface area contributed by atoms with E-state index in [1.807, 2.05) is 48.5 Å². The molecule has 1 heterocycles. The van der Waals surface area contributed by atoms with Crippen LogP contribution in [0.15, 0.2) is 48.5 Å². The number of benzene rings is 2. The minimum atomic E-state index is 0.630. The molecule has 2 nitrogen and oxygen atoms in total. The van der Waals surface area contributed by atoms with Crippen molar-refractivity contribution in [3.63, 3.8) is 0 Å². The maximum atomic E-state index is 6.16. The fourth-order valence-electron chi connectivity index (χ4n) is 1.72. The molecule has 1 aromatic heterocycles. The van der Waals surface area contributed by atoms with E-state index in [1.165, 1.54) is 11.5 Å². The molecule has 0 bridgehead atoms. The lowest BCUT2D eigenvalue weighted by molar-refractivity contribution is 1.32. The zero-order valence-corrected chi connectivity index (χ0v) is 12.0. The molecule has 0 radical (unpaired) electrons. The monoisotopic (exact) mass is 306 g/mol. The second-order valence-electron chi connectivity index (χ2n) is 3.88. The zero-order valence-electron chi connectivity index (χ0n) is 9.68. The number of rotatable bonds is 2. The van der Waals surface area contributed by atoms with Gasteiger partial charge in [-0.2, -0.15) is 4.37 Å². The number of aromatic nitrogens is 2. The molecular weight excluding hydrogens is 299 g/mol. The summed E-state index contributed by atoms with van der Waals surface area (Å²) in [5.74, 6) is 0.630. The van der Waals surface area contributed by atoms with Gasteiger partial charge in [-0.05, 0) is 29.7 Å². The molecule has 0 atom stereocenters. The van der Waals surface area contributed by atoms with Gasteiger partial charge in [-0.1, -0.05) is 53.5 Å². The second-order valence-corrected chi connectivity index (χ2v) is 5.45. The molecule has 94 valence electrons. The van der Waals surface area contributed by atoms with Crippen LogP contribution in [0.3, 0.4) is 0 Å². The molecule has 0 aliphatic carbocycles. The third-order valence-corrected chi connectivity index (χ3v) is 4.05. The van der Waals surface area contributed by atoms with Crippen molar-refractivity contribution in [3.05, 3.63) is 58.6 Å². The number of halogens is 2. The van der Waals surface area contributed by atoms with E-state index in [0.717, 1.165) is 16.1 Å². The largest absolute Gasteiger partial charge is 0.214 e. The van der Waals surface area contributed by atoms with Gasteiger partial charge in [0.1, 0.15) is 5.01 Å². The van der Waals surface area contributed by atoms with Gasteiger partial charge in [-0.25, -0.2) is 4.98 Å². The molecule has 2 aromatic carbocycles. The van der Waals surface area contributed by atoms with Crippen LogP contribution in [0.4, 0.5) is 0 Å². The Morgan fingerprint density at radius 1 is 0.789 bits per heavy atom. The second kappa shape index (κ2) is 5.29. The minimum Gasteiger partial charge on any atom is -0.214 e. The fourth-order valence-corrected chi connectivity index (χ4v) is 2.94. The van der Waals surface area contributed by atoms with Crippen LogP contribution in [0.2, 0.25) is 10.0 Å². The quantitative estimate of drug-likeness (QED) is 0.652. The highest BCUT2D eigenvalue weighted by atomic mass is 35.5. The van der Waals surface area contributed by atoms with Crippen LogP contribution >= 0.6 is 34.7 Å². The lowest BCUT2D eigenvalue weighted by atomic mass is 10.2. The maximum absolute atomic E-state index is 6.16. The van der Waals surface area contributed by atoms with E-state index < -0.39 is 0 Å². The van der Waals surface area contributed by atoms with Gasteiger partial charge in [-0.3, -0.25) is 0 Å². The molecule has 0 fully saturated rings. The summed E-state index contributed by atoms with van der Waals surface area (Å²) in [5, 5.41) is 2.11. The SMILES string of the molecule is Clc1ccccc1-c1nsc(-c2ccccc2Cl)n1. The van der Waals surface area contributed by atoms with Crippen LogP contribution in [-0.4, -0.2) is 9.36 Å². The standard InChI is InChI=1S/C14H8Cl2N2S/c15-11-7-3-1-5-9(11)13-17-14(19-18-13)10-6-2-4-8-12(10)16/h1-8H. The summed E-state index contributed by atoms with van der Waals surface area (Å²) in [6, 6.07) is 15.1. The van der Waals surface area contributed by atoms with Crippen LogP contribution in [0.5, 0.6) is 0 Å². The highest BCUT2D eigenvalue weighted by Crippen LogP contribution is 2.32. The van der Waals surface area contributed by atoms with Crippen LogP contribution < -0.4 is 0 Å². The highest BCUT2D eigenvalue weighted by Gasteiger charge is 2.12. The smallest absolute Gasteiger partial charge is 0.174 e. The molecule has 19 heavy (non-hydrogen) atoms. The van der Waals surface area contributed by atoms with Crippen LogP contribution in [-0.2, 0) is 0 Å². The Morgan fingerprint density at radius 3 is 2.00 bits per heavy atom. The average Bonchev–Trinajstić information content (AvgIpc) is 2.89. The lowest BCUT2D eigenvalue weighted by Crippen LogP contribution is -1.82. The minimum absolute atomic E-state index is 0.630. The van der Waals surface area contributed by atoms with Crippen molar-refractivity contribution in [1.82, 2.24) is 9.36 Å². The van der Waals surface area contributed by atoms with Gasteiger partial charge >= 0.3 is 0 Å². The van der Waals surface area contributed by atoms with Gasteiger partial charge in [0.25, 0.3) is 0 Å². The van der Waals surface area contributed by atoms with Gasteiger partial charge in [0.05, 0.1) is 10.0 Å². The fraction of sp³-hybridized carbons (Fsp3) is 0. The molecule has 0 unspecified atom stereocenters. The molecule has 0 amide bonds. The summed E-state index contributed by atoms with van der Waals surface area (Å²) in [6.45, 7) is 0.